The van der Waals surface area contributed by atoms with Crippen molar-refractivity contribution in [3.63, 3.8) is 0 Å². The molecule has 0 fully saturated rings. The molecule has 0 bridgehead atoms. The number of nitrogens with one attached hydrogen (secondary N) is 1. The van der Waals surface area contributed by atoms with Crippen LogP contribution in [0, 0.1) is 10.8 Å². The van der Waals surface area contributed by atoms with Gasteiger partial charge in [-0.15, -0.1) is 6.58 Å². The molecule has 1 atom stereocenters. The zero-order chi connectivity index (χ0) is 14.6. The summed E-state index contributed by atoms with van der Waals surface area (Å²) in [5, 5.41) is 11.4. The van der Waals surface area contributed by atoms with E-state index in [1.807, 2.05) is 13.8 Å². The monoisotopic (exact) mass is 257 g/mol. The predicted octanol–water partition coefficient (Wildman–Crippen LogP) is 2.42. The van der Waals surface area contributed by atoms with E-state index in [1.54, 1.807) is 26.8 Å². The third kappa shape index (κ3) is 5.70. The van der Waals surface area contributed by atoms with E-state index in [4.69, 9.17) is 9.84 Å². The van der Waals surface area contributed by atoms with E-state index in [2.05, 4.69) is 11.9 Å². The first-order chi connectivity index (χ1) is 7.99. The molecule has 104 valence electrons. The number of amides is 1. The van der Waals surface area contributed by atoms with Gasteiger partial charge < -0.3 is 15.2 Å². The fourth-order valence-corrected chi connectivity index (χ4v) is 1.12. The van der Waals surface area contributed by atoms with Crippen LogP contribution in [-0.2, 0) is 9.53 Å². The highest BCUT2D eigenvalue weighted by atomic mass is 16.5. The van der Waals surface area contributed by atoms with Crippen molar-refractivity contribution in [2.75, 3.05) is 6.61 Å². The second-order valence-electron chi connectivity index (χ2n) is 6.05. The predicted molar refractivity (Wildman–Crippen MR) is 69.3 cm³/mol. The van der Waals surface area contributed by atoms with Crippen molar-refractivity contribution in [2.24, 2.45) is 10.8 Å². The lowest BCUT2D eigenvalue weighted by Gasteiger charge is -2.28. The largest absolute Gasteiger partial charge is 0.480 e. The van der Waals surface area contributed by atoms with Crippen LogP contribution in [0.4, 0.5) is 4.79 Å². The molecule has 18 heavy (non-hydrogen) atoms. The first kappa shape index (κ1) is 16.5. The fourth-order valence-electron chi connectivity index (χ4n) is 1.12. The number of carbonyl (C=O) groups excluding carboxylic acids is 1. The third-order valence-corrected chi connectivity index (χ3v) is 2.50. The minimum Gasteiger partial charge on any atom is -0.480 e. The van der Waals surface area contributed by atoms with Crippen LogP contribution in [0.2, 0.25) is 0 Å². The highest BCUT2D eigenvalue weighted by molar-refractivity contribution is 5.80. The zero-order valence-electron chi connectivity index (χ0n) is 11.7. The van der Waals surface area contributed by atoms with Crippen molar-refractivity contribution in [2.45, 2.75) is 40.7 Å². The maximum Gasteiger partial charge on any atom is 0.407 e. The van der Waals surface area contributed by atoms with E-state index in [9.17, 15) is 9.59 Å². The summed E-state index contributed by atoms with van der Waals surface area (Å²) in [7, 11) is 0. The summed E-state index contributed by atoms with van der Waals surface area (Å²) >= 11 is 0. The Morgan fingerprint density at radius 2 is 1.83 bits per heavy atom. The van der Waals surface area contributed by atoms with Crippen molar-refractivity contribution in [3.05, 3.63) is 12.7 Å². The molecule has 0 radical (unpaired) electrons. The van der Waals surface area contributed by atoms with Gasteiger partial charge in [0.1, 0.15) is 12.6 Å². The summed E-state index contributed by atoms with van der Waals surface area (Å²) in [4.78, 5) is 22.6. The maximum absolute atomic E-state index is 11.5. The minimum absolute atomic E-state index is 0.152. The topological polar surface area (TPSA) is 75.6 Å². The summed E-state index contributed by atoms with van der Waals surface area (Å²) in [5.74, 6) is -1.08. The molecule has 0 saturated carbocycles. The minimum atomic E-state index is -1.08. The summed E-state index contributed by atoms with van der Waals surface area (Å²) in [5.41, 5.74) is -0.920. The molecule has 2 N–H and O–H groups in total. The Kier molecular flexibility index (Phi) is 5.39. The van der Waals surface area contributed by atoms with Crippen LogP contribution in [0.3, 0.4) is 0 Å². The molecule has 0 aromatic heterocycles. The molecule has 0 rings (SSSR count). The lowest BCUT2D eigenvalue weighted by molar-refractivity contribution is -0.142. The fraction of sp³-hybridized carbons (Fsp3) is 0.692. The quantitative estimate of drug-likeness (QED) is 0.742. The number of aliphatic carboxylic acids is 1. The zero-order valence-corrected chi connectivity index (χ0v) is 11.7. The van der Waals surface area contributed by atoms with Crippen molar-refractivity contribution in [1.82, 2.24) is 5.32 Å². The van der Waals surface area contributed by atoms with Gasteiger partial charge in [-0.05, 0) is 5.41 Å². The van der Waals surface area contributed by atoms with Crippen LogP contribution >= 0.6 is 0 Å². The summed E-state index contributed by atoms with van der Waals surface area (Å²) in [6, 6.07) is -0.989. The number of carboxylic acids is 1. The SMILES string of the molecule is C=CC(C)(C)COC(=O)N[C@H](C(=O)O)C(C)(C)C. The van der Waals surface area contributed by atoms with Crippen LogP contribution in [0.1, 0.15) is 34.6 Å². The second kappa shape index (κ2) is 5.89. The Morgan fingerprint density at radius 3 is 2.17 bits per heavy atom. The molecule has 0 unspecified atom stereocenters. The van der Waals surface area contributed by atoms with Crippen molar-refractivity contribution in [1.29, 1.82) is 0 Å². The molecule has 0 aliphatic carbocycles. The first-order valence-corrected chi connectivity index (χ1v) is 5.79. The highest BCUT2D eigenvalue weighted by Crippen LogP contribution is 2.20. The van der Waals surface area contributed by atoms with Gasteiger partial charge in [0.05, 0.1) is 0 Å². The molecule has 0 saturated heterocycles. The van der Waals surface area contributed by atoms with Crippen LogP contribution in [0.15, 0.2) is 12.7 Å². The molecule has 0 aromatic rings. The van der Waals surface area contributed by atoms with Gasteiger partial charge in [-0.25, -0.2) is 9.59 Å². The molecule has 0 aliphatic heterocycles. The van der Waals surface area contributed by atoms with Gasteiger partial charge in [0.25, 0.3) is 0 Å². The summed E-state index contributed by atoms with van der Waals surface area (Å²) < 4.78 is 4.99. The molecule has 0 heterocycles. The van der Waals surface area contributed by atoms with Gasteiger partial charge in [0.2, 0.25) is 0 Å². The average molecular weight is 257 g/mol. The lowest BCUT2D eigenvalue weighted by atomic mass is 9.87. The van der Waals surface area contributed by atoms with E-state index in [0.717, 1.165) is 0 Å². The van der Waals surface area contributed by atoms with E-state index in [1.165, 1.54) is 0 Å². The molecular formula is C13H23NO4. The molecule has 0 aromatic carbocycles. The van der Waals surface area contributed by atoms with Gasteiger partial charge in [-0.2, -0.15) is 0 Å². The standard InChI is InChI=1S/C13H23NO4/c1-7-13(5,6)8-18-11(17)14-9(10(15)16)12(2,3)4/h7,9H,1,8H2,2-6H3,(H,14,17)(H,15,16)/t9-/m1/s1. The number of carbonyl (C=O) groups is 2. The van der Waals surface area contributed by atoms with Gasteiger partial charge >= 0.3 is 12.1 Å². The van der Waals surface area contributed by atoms with E-state index >= 15 is 0 Å². The van der Waals surface area contributed by atoms with Crippen LogP contribution in [-0.4, -0.2) is 29.8 Å². The highest BCUT2D eigenvalue weighted by Gasteiger charge is 2.33. The number of carboxylic acid groups (broad SMARTS) is 1. The number of alkyl carbamates (subject to hydrolysis) is 1. The maximum atomic E-state index is 11.5. The van der Waals surface area contributed by atoms with Crippen molar-refractivity contribution < 1.29 is 19.4 Å². The average Bonchev–Trinajstić information content (AvgIpc) is 2.21. The number of rotatable bonds is 5. The van der Waals surface area contributed by atoms with Gasteiger partial charge in [-0.3, -0.25) is 0 Å². The van der Waals surface area contributed by atoms with Crippen molar-refractivity contribution in [3.8, 4) is 0 Å². The third-order valence-electron chi connectivity index (χ3n) is 2.50. The van der Waals surface area contributed by atoms with Gasteiger partial charge in [0.15, 0.2) is 0 Å². The Bertz CT molecular complexity index is 328. The molecule has 0 spiro atoms. The van der Waals surface area contributed by atoms with Crippen molar-refractivity contribution >= 4 is 12.1 Å². The Morgan fingerprint density at radius 1 is 1.33 bits per heavy atom. The van der Waals surface area contributed by atoms with E-state index < -0.39 is 23.5 Å². The second-order valence-corrected chi connectivity index (χ2v) is 6.05. The Balaban J connectivity index is 4.46. The van der Waals surface area contributed by atoms with Crippen LogP contribution in [0.25, 0.3) is 0 Å². The molecule has 1 amide bonds. The molecule has 5 heteroatoms. The van der Waals surface area contributed by atoms with Crippen LogP contribution in [0.5, 0.6) is 0 Å². The van der Waals surface area contributed by atoms with E-state index in [0.29, 0.717) is 0 Å². The summed E-state index contributed by atoms with van der Waals surface area (Å²) in [6.07, 6.45) is 0.950. The molecule has 0 aliphatic rings. The van der Waals surface area contributed by atoms with Gasteiger partial charge in [-0.1, -0.05) is 40.7 Å². The molecule has 5 nitrogen and oxygen atoms in total. The first-order valence-electron chi connectivity index (χ1n) is 5.79. The number of hydrogen-bond acceptors (Lipinski definition) is 3. The van der Waals surface area contributed by atoms with E-state index in [-0.39, 0.29) is 12.0 Å². The summed E-state index contributed by atoms with van der Waals surface area (Å²) in [6.45, 7) is 12.7. The normalized spacial score (nSPS) is 13.6. The number of ether oxygens (including phenoxy) is 1. The lowest BCUT2D eigenvalue weighted by Crippen LogP contribution is -2.49. The van der Waals surface area contributed by atoms with Crippen LogP contribution < -0.4 is 5.32 Å². The number of hydrogen-bond donors (Lipinski definition) is 2. The molecular weight excluding hydrogens is 234 g/mol. The smallest absolute Gasteiger partial charge is 0.407 e. The Hall–Kier alpha value is -1.52. The Labute approximate surface area is 108 Å². The van der Waals surface area contributed by atoms with Gasteiger partial charge in [0, 0.05) is 5.41 Å².